The lowest BCUT2D eigenvalue weighted by atomic mass is 10.1. The smallest absolute Gasteiger partial charge is 0.272 e. The molecule has 30 heavy (non-hydrogen) atoms. The third kappa shape index (κ3) is 5.30. The molecule has 7 nitrogen and oxygen atoms in total. The van der Waals surface area contributed by atoms with Gasteiger partial charge in [0.05, 0.1) is 20.7 Å². The van der Waals surface area contributed by atoms with Gasteiger partial charge in [-0.1, -0.05) is 53.9 Å². The maximum Gasteiger partial charge on any atom is 0.272 e. The molecule has 0 aliphatic carbocycles. The van der Waals surface area contributed by atoms with Crippen LogP contribution in [0.4, 0.5) is 11.5 Å². The summed E-state index contributed by atoms with van der Waals surface area (Å²) in [7, 11) is 0. The van der Waals surface area contributed by atoms with Crippen LogP contribution < -0.4 is 10.1 Å². The summed E-state index contributed by atoms with van der Waals surface area (Å²) in [4.78, 5) is 18.6. The van der Waals surface area contributed by atoms with Crippen molar-refractivity contribution < 1.29 is 9.66 Å². The van der Waals surface area contributed by atoms with E-state index in [0.717, 1.165) is 24.1 Å². The van der Waals surface area contributed by atoms with Crippen molar-refractivity contribution in [2.24, 2.45) is 0 Å². The predicted octanol–water partition coefficient (Wildman–Crippen LogP) is 6.35. The molecule has 0 aliphatic rings. The summed E-state index contributed by atoms with van der Waals surface area (Å²) >= 11 is 18.4. The third-order valence-corrected chi connectivity index (χ3v) is 5.20. The summed E-state index contributed by atoms with van der Waals surface area (Å²) in [6.07, 6.45) is 2.97. The molecule has 1 N–H and O–H groups in total. The summed E-state index contributed by atoms with van der Waals surface area (Å²) in [5.74, 6) is 1.30. The van der Waals surface area contributed by atoms with Crippen molar-refractivity contribution in [2.75, 3.05) is 11.9 Å². The number of nitro groups is 1. The van der Waals surface area contributed by atoms with E-state index in [-0.39, 0.29) is 21.5 Å². The molecule has 2 aromatic carbocycles. The van der Waals surface area contributed by atoms with Crippen LogP contribution >= 0.6 is 34.8 Å². The van der Waals surface area contributed by atoms with Crippen LogP contribution in [0.1, 0.15) is 18.2 Å². The van der Waals surface area contributed by atoms with Crippen molar-refractivity contribution in [3.8, 4) is 11.5 Å². The Hall–Kier alpha value is -2.61. The quantitative estimate of drug-likeness (QED) is 0.306. The fraction of sp³-hybridized carbons (Fsp3) is 0.200. The van der Waals surface area contributed by atoms with E-state index in [9.17, 15) is 10.1 Å². The highest BCUT2D eigenvalue weighted by Crippen LogP contribution is 2.39. The highest BCUT2D eigenvalue weighted by atomic mass is 35.5. The first-order chi connectivity index (χ1) is 14.4. The highest BCUT2D eigenvalue weighted by molar-refractivity contribution is 6.37. The normalized spacial score (nSPS) is 10.7. The SMILES string of the molecule is CCc1ncnc(NCCc2ccc(Oc3c(Cl)cc([N+](=O)[O-])cc3Cl)cc2)c1Cl. The average Bonchev–Trinajstić information content (AvgIpc) is 2.72. The Morgan fingerprint density at radius 2 is 1.77 bits per heavy atom. The van der Waals surface area contributed by atoms with Crippen LogP contribution in [-0.2, 0) is 12.8 Å². The molecular weight excluding hydrogens is 451 g/mol. The summed E-state index contributed by atoms with van der Waals surface area (Å²) < 4.78 is 5.71. The molecular formula is C20H17Cl3N4O3. The van der Waals surface area contributed by atoms with Gasteiger partial charge in [-0.3, -0.25) is 10.1 Å². The van der Waals surface area contributed by atoms with Crippen molar-refractivity contribution in [3.05, 3.63) is 79.2 Å². The zero-order chi connectivity index (χ0) is 21.7. The largest absolute Gasteiger partial charge is 0.454 e. The Morgan fingerprint density at radius 3 is 2.37 bits per heavy atom. The van der Waals surface area contributed by atoms with Crippen LogP contribution in [0.3, 0.4) is 0 Å². The van der Waals surface area contributed by atoms with E-state index in [4.69, 9.17) is 39.5 Å². The Kier molecular flexibility index (Phi) is 7.31. The Bertz CT molecular complexity index is 1040. The molecule has 0 unspecified atom stereocenters. The number of halogens is 3. The predicted molar refractivity (Wildman–Crippen MR) is 118 cm³/mol. The number of anilines is 1. The molecule has 1 aromatic heterocycles. The van der Waals surface area contributed by atoms with Gasteiger partial charge in [0.15, 0.2) is 5.75 Å². The molecule has 0 atom stereocenters. The lowest BCUT2D eigenvalue weighted by Gasteiger charge is -2.11. The first kappa shape index (κ1) is 22.1. The summed E-state index contributed by atoms with van der Waals surface area (Å²) in [6, 6.07) is 9.76. The fourth-order valence-corrected chi connectivity index (χ4v) is 3.54. The first-order valence-corrected chi connectivity index (χ1v) is 10.2. The number of aryl methyl sites for hydroxylation is 1. The maximum absolute atomic E-state index is 10.9. The lowest BCUT2D eigenvalue weighted by molar-refractivity contribution is -0.384. The van der Waals surface area contributed by atoms with E-state index in [1.165, 1.54) is 18.5 Å². The second kappa shape index (κ2) is 9.93. The minimum absolute atomic E-state index is 0.0654. The number of ether oxygens (including phenoxy) is 1. The number of hydrogen-bond acceptors (Lipinski definition) is 6. The zero-order valence-corrected chi connectivity index (χ0v) is 18.1. The molecule has 0 aliphatic heterocycles. The van der Waals surface area contributed by atoms with Crippen molar-refractivity contribution in [1.29, 1.82) is 0 Å². The van der Waals surface area contributed by atoms with Gasteiger partial charge < -0.3 is 10.1 Å². The van der Waals surface area contributed by atoms with E-state index in [2.05, 4.69) is 15.3 Å². The summed E-state index contributed by atoms with van der Waals surface area (Å²) in [6.45, 7) is 2.62. The Morgan fingerprint density at radius 1 is 1.10 bits per heavy atom. The average molecular weight is 468 g/mol. The van der Waals surface area contributed by atoms with Gasteiger partial charge >= 0.3 is 0 Å². The lowest BCUT2D eigenvalue weighted by Crippen LogP contribution is -2.08. The third-order valence-electron chi connectivity index (χ3n) is 4.24. The number of rotatable bonds is 8. The van der Waals surface area contributed by atoms with E-state index in [0.29, 0.717) is 23.1 Å². The molecule has 0 amide bonds. The van der Waals surface area contributed by atoms with Crippen LogP contribution in [-0.4, -0.2) is 21.4 Å². The summed E-state index contributed by atoms with van der Waals surface area (Å²) in [5, 5.41) is 14.8. The van der Waals surface area contributed by atoms with Crippen LogP contribution in [0, 0.1) is 10.1 Å². The molecule has 1 heterocycles. The van der Waals surface area contributed by atoms with Gasteiger partial charge in [-0.25, -0.2) is 9.97 Å². The molecule has 156 valence electrons. The number of nitrogens with one attached hydrogen (secondary N) is 1. The Balaban J connectivity index is 1.61. The molecule has 0 radical (unpaired) electrons. The Labute approximate surface area is 188 Å². The number of nitrogens with zero attached hydrogens (tertiary/aromatic N) is 3. The second-order valence-electron chi connectivity index (χ2n) is 6.25. The topological polar surface area (TPSA) is 90.2 Å². The molecule has 0 spiro atoms. The second-order valence-corrected chi connectivity index (χ2v) is 7.45. The van der Waals surface area contributed by atoms with Gasteiger partial charge in [-0.15, -0.1) is 0 Å². The minimum atomic E-state index is -0.567. The van der Waals surface area contributed by atoms with Crippen molar-refractivity contribution in [1.82, 2.24) is 9.97 Å². The number of non-ortho nitro benzene ring substituents is 1. The monoisotopic (exact) mass is 466 g/mol. The molecule has 0 fully saturated rings. The molecule has 3 aromatic rings. The minimum Gasteiger partial charge on any atom is -0.454 e. The molecule has 0 saturated heterocycles. The van der Waals surface area contributed by atoms with Crippen LogP contribution in [0.5, 0.6) is 11.5 Å². The fourth-order valence-electron chi connectivity index (χ4n) is 2.69. The molecule has 0 bridgehead atoms. The first-order valence-electron chi connectivity index (χ1n) is 9.02. The van der Waals surface area contributed by atoms with Gasteiger partial charge in [0.1, 0.15) is 22.9 Å². The maximum atomic E-state index is 10.9. The van der Waals surface area contributed by atoms with E-state index < -0.39 is 4.92 Å². The van der Waals surface area contributed by atoms with Crippen LogP contribution in [0.25, 0.3) is 0 Å². The molecule has 10 heteroatoms. The van der Waals surface area contributed by atoms with Gasteiger partial charge in [0.25, 0.3) is 5.69 Å². The van der Waals surface area contributed by atoms with E-state index >= 15 is 0 Å². The molecule has 0 saturated carbocycles. The van der Waals surface area contributed by atoms with Crippen molar-refractivity contribution in [2.45, 2.75) is 19.8 Å². The van der Waals surface area contributed by atoms with Crippen molar-refractivity contribution >= 4 is 46.3 Å². The van der Waals surface area contributed by atoms with Crippen molar-refractivity contribution in [3.63, 3.8) is 0 Å². The summed E-state index contributed by atoms with van der Waals surface area (Å²) in [5.41, 5.74) is 1.67. The van der Waals surface area contributed by atoms with Gasteiger partial charge in [-0.05, 0) is 30.5 Å². The van der Waals surface area contributed by atoms with Gasteiger partial charge in [0, 0.05) is 18.7 Å². The highest BCUT2D eigenvalue weighted by Gasteiger charge is 2.16. The number of hydrogen-bond donors (Lipinski definition) is 1. The number of benzene rings is 2. The number of aromatic nitrogens is 2. The van der Waals surface area contributed by atoms with Gasteiger partial charge in [-0.2, -0.15) is 0 Å². The standard InChI is InChI=1S/C20H17Cl3N4O3/c1-2-17-18(23)20(26-11-25-17)24-8-7-12-3-5-14(6-4-12)30-19-15(21)9-13(27(28)29)10-16(19)22/h3-6,9-11H,2,7-8H2,1H3,(H,24,25,26). The van der Waals surface area contributed by atoms with Gasteiger partial charge in [0.2, 0.25) is 0 Å². The van der Waals surface area contributed by atoms with Crippen LogP contribution in [0.2, 0.25) is 15.1 Å². The van der Waals surface area contributed by atoms with E-state index in [1.807, 2.05) is 19.1 Å². The van der Waals surface area contributed by atoms with Crippen LogP contribution in [0.15, 0.2) is 42.7 Å². The zero-order valence-electron chi connectivity index (χ0n) is 15.9. The number of nitro benzene ring substituents is 1. The molecule has 3 rings (SSSR count). The van der Waals surface area contributed by atoms with E-state index in [1.54, 1.807) is 12.1 Å².